The lowest BCUT2D eigenvalue weighted by Gasteiger charge is -2.37. The Morgan fingerprint density at radius 1 is 0.929 bits per heavy atom. The number of halogens is 1. The van der Waals surface area contributed by atoms with Gasteiger partial charge in [-0.1, -0.05) is 48.0 Å². The van der Waals surface area contributed by atoms with Crippen LogP contribution in [-0.4, -0.2) is 19.3 Å². The average Bonchev–Trinajstić information content (AvgIpc) is 2.68. The maximum atomic E-state index is 13.5. The summed E-state index contributed by atoms with van der Waals surface area (Å²) in [4.78, 5) is 0.280. The zero-order valence-corrected chi connectivity index (χ0v) is 16.7. The summed E-state index contributed by atoms with van der Waals surface area (Å²) in [6.45, 7) is 4.31. The molecule has 3 nitrogen and oxygen atoms in total. The molecule has 0 N–H and O–H groups in total. The highest BCUT2D eigenvalue weighted by atomic mass is 32.2. The minimum atomic E-state index is -3.71. The van der Waals surface area contributed by atoms with Crippen LogP contribution in [-0.2, 0) is 16.4 Å². The van der Waals surface area contributed by atoms with Crippen molar-refractivity contribution in [3.8, 4) is 0 Å². The molecule has 0 bridgehead atoms. The number of fused-ring (bicyclic) bond motifs is 1. The summed E-state index contributed by atoms with van der Waals surface area (Å²) >= 11 is 0. The molecule has 28 heavy (non-hydrogen) atoms. The fourth-order valence-electron chi connectivity index (χ4n) is 3.94. The van der Waals surface area contributed by atoms with Gasteiger partial charge < -0.3 is 0 Å². The van der Waals surface area contributed by atoms with Crippen LogP contribution in [0.1, 0.15) is 33.9 Å². The van der Waals surface area contributed by atoms with E-state index in [0.717, 1.165) is 27.8 Å². The molecule has 144 valence electrons. The summed E-state index contributed by atoms with van der Waals surface area (Å²) in [5.41, 5.74) is 4.96. The fraction of sp³-hybridized carbons (Fsp3) is 0.217. The topological polar surface area (TPSA) is 37.4 Å². The van der Waals surface area contributed by atoms with Crippen LogP contribution in [0.3, 0.4) is 0 Å². The zero-order chi connectivity index (χ0) is 19.9. The van der Waals surface area contributed by atoms with Gasteiger partial charge in [0.15, 0.2) is 0 Å². The van der Waals surface area contributed by atoms with Crippen LogP contribution in [0.4, 0.5) is 4.39 Å². The molecule has 0 aromatic heterocycles. The summed E-state index contributed by atoms with van der Waals surface area (Å²) in [5, 5.41) is 0. The molecular formula is C23H22FNO2S. The molecule has 4 rings (SSSR count). The molecule has 0 aliphatic carbocycles. The predicted octanol–water partition coefficient (Wildman–Crippen LogP) is 4.78. The van der Waals surface area contributed by atoms with Gasteiger partial charge in [-0.3, -0.25) is 0 Å². The normalized spacial score (nSPS) is 17.3. The molecule has 0 spiro atoms. The molecule has 0 amide bonds. The highest BCUT2D eigenvalue weighted by Crippen LogP contribution is 2.40. The molecule has 1 aliphatic rings. The summed E-state index contributed by atoms with van der Waals surface area (Å²) in [6.07, 6.45) is 0.653. The van der Waals surface area contributed by atoms with Gasteiger partial charge in [0, 0.05) is 6.54 Å². The third-order valence-electron chi connectivity index (χ3n) is 5.39. The fourth-order valence-corrected chi connectivity index (χ4v) is 5.52. The second-order valence-corrected chi connectivity index (χ2v) is 9.17. The summed E-state index contributed by atoms with van der Waals surface area (Å²) in [6, 6.07) is 18.6. The lowest BCUT2D eigenvalue weighted by atomic mass is 9.87. The Morgan fingerprint density at radius 3 is 2.29 bits per heavy atom. The number of benzene rings is 3. The monoisotopic (exact) mass is 395 g/mol. The first-order valence-corrected chi connectivity index (χ1v) is 10.7. The number of sulfonamides is 1. The van der Waals surface area contributed by atoms with E-state index in [1.54, 1.807) is 28.6 Å². The Morgan fingerprint density at radius 2 is 1.61 bits per heavy atom. The molecule has 3 aromatic rings. The minimum absolute atomic E-state index is 0.280. The predicted molar refractivity (Wildman–Crippen MR) is 108 cm³/mol. The molecule has 0 saturated heterocycles. The van der Waals surface area contributed by atoms with Crippen molar-refractivity contribution in [1.82, 2.24) is 4.31 Å². The Bertz CT molecular complexity index is 1110. The summed E-state index contributed by atoms with van der Waals surface area (Å²) in [5.74, 6) is -0.336. The SMILES string of the molecule is Cc1ccc(S(=O)(=O)N2CCc3cccc(C)c3C2c2ccc(F)cc2)cc1. The van der Waals surface area contributed by atoms with Crippen LogP contribution in [0.15, 0.2) is 71.6 Å². The Balaban J connectivity index is 1.89. The van der Waals surface area contributed by atoms with Gasteiger partial charge in [0.2, 0.25) is 10.0 Å². The quantitative estimate of drug-likeness (QED) is 0.640. The van der Waals surface area contributed by atoms with Gasteiger partial charge >= 0.3 is 0 Å². The van der Waals surface area contributed by atoms with E-state index in [-0.39, 0.29) is 10.7 Å². The Kier molecular flexibility index (Phi) is 4.81. The van der Waals surface area contributed by atoms with Gasteiger partial charge in [0.1, 0.15) is 5.82 Å². The van der Waals surface area contributed by atoms with E-state index in [1.807, 2.05) is 38.1 Å². The minimum Gasteiger partial charge on any atom is -0.207 e. The molecule has 1 atom stereocenters. The highest BCUT2D eigenvalue weighted by molar-refractivity contribution is 7.89. The summed E-state index contributed by atoms with van der Waals surface area (Å²) in [7, 11) is -3.71. The number of aryl methyl sites for hydroxylation is 2. The van der Waals surface area contributed by atoms with Crippen LogP contribution in [0.5, 0.6) is 0 Å². The molecular weight excluding hydrogens is 373 g/mol. The molecule has 1 aliphatic heterocycles. The summed E-state index contributed by atoms with van der Waals surface area (Å²) < 4.78 is 42.1. The van der Waals surface area contributed by atoms with Crippen molar-refractivity contribution in [1.29, 1.82) is 0 Å². The lowest BCUT2D eigenvalue weighted by Crippen LogP contribution is -2.41. The highest BCUT2D eigenvalue weighted by Gasteiger charge is 2.38. The number of hydrogen-bond donors (Lipinski definition) is 0. The van der Waals surface area contributed by atoms with E-state index in [4.69, 9.17) is 0 Å². The maximum absolute atomic E-state index is 13.5. The van der Waals surface area contributed by atoms with E-state index < -0.39 is 16.1 Å². The van der Waals surface area contributed by atoms with Crippen molar-refractivity contribution in [3.63, 3.8) is 0 Å². The third-order valence-corrected chi connectivity index (χ3v) is 7.27. The van der Waals surface area contributed by atoms with Crippen LogP contribution >= 0.6 is 0 Å². The van der Waals surface area contributed by atoms with Gasteiger partial charge in [-0.15, -0.1) is 0 Å². The van der Waals surface area contributed by atoms with E-state index in [0.29, 0.717) is 13.0 Å². The molecule has 0 saturated carbocycles. The van der Waals surface area contributed by atoms with Crippen molar-refractivity contribution >= 4 is 10.0 Å². The molecule has 5 heteroatoms. The van der Waals surface area contributed by atoms with Gasteiger partial charge in [-0.2, -0.15) is 4.31 Å². The Hall–Kier alpha value is -2.50. The van der Waals surface area contributed by atoms with E-state index in [9.17, 15) is 12.8 Å². The van der Waals surface area contributed by atoms with Gasteiger partial charge in [0.05, 0.1) is 10.9 Å². The average molecular weight is 395 g/mol. The maximum Gasteiger partial charge on any atom is 0.243 e. The number of rotatable bonds is 3. The van der Waals surface area contributed by atoms with Crippen LogP contribution in [0.2, 0.25) is 0 Å². The second-order valence-electron chi connectivity index (χ2n) is 7.28. The molecule has 0 fully saturated rings. The van der Waals surface area contributed by atoms with Crippen molar-refractivity contribution in [2.75, 3.05) is 6.54 Å². The second kappa shape index (κ2) is 7.15. The first-order valence-electron chi connectivity index (χ1n) is 9.30. The third kappa shape index (κ3) is 3.25. The van der Waals surface area contributed by atoms with Crippen LogP contribution in [0.25, 0.3) is 0 Å². The largest absolute Gasteiger partial charge is 0.243 e. The molecule has 1 heterocycles. The first kappa shape index (κ1) is 18.8. The van der Waals surface area contributed by atoms with Crippen molar-refractivity contribution in [2.24, 2.45) is 0 Å². The van der Waals surface area contributed by atoms with E-state index >= 15 is 0 Å². The standard InChI is InChI=1S/C23H22FNO2S/c1-16-6-12-21(13-7-16)28(26,27)25-15-14-18-5-3-4-17(2)22(18)23(25)19-8-10-20(24)11-9-19/h3-13,23H,14-15H2,1-2H3. The van der Waals surface area contributed by atoms with Crippen molar-refractivity contribution in [2.45, 2.75) is 31.2 Å². The first-order chi connectivity index (χ1) is 13.4. The molecule has 3 aromatic carbocycles. The van der Waals surface area contributed by atoms with E-state index in [1.165, 1.54) is 12.1 Å². The van der Waals surface area contributed by atoms with Gasteiger partial charge in [-0.25, -0.2) is 12.8 Å². The van der Waals surface area contributed by atoms with E-state index in [2.05, 4.69) is 6.07 Å². The van der Waals surface area contributed by atoms with Gasteiger partial charge in [0.25, 0.3) is 0 Å². The zero-order valence-electron chi connectivity index (χ0n) is 15.9. The number of nitrogens with zero attached hydrogens (tertiary/aromatic N) is 1. The van der Waals surface area contributed by atoms with Crippen LogP contribution in [0, 0.1) is 19.7 Å². The Labute approximate surface area is 165 Å². The van der Waals surface area contributed by atoms with Gasteiger partial charge in [-0.05, 0) is 66.8 Å². The smallest absolute Gasteiger partial charge is 0.207 e. The van der Waals surface area contributed by atoms with Crippen LogP contribution < -0.4 is 0 Å². The molecule has 0 radical (unpaired) electrons. The van der Waals surface area contributed by atoms with Crippen molar-refractivity contribution < 1.29 is 12.8 Å². The van der Waals surface area contributed by atoms with Crippen molar-refractivity contribution in [3.05, 3.63) is 100 Å². The molecule has 1 unspecified atom stereocenters. The lowest BCUT2D eigenvalue weighted by molar-refractivity contribution is 0.343. The number of hydrogen-bond acceptors (Lipinski definition) is 2.